The van der Waals surface area contributed by atoms with Crippen LogP contribution in [0.2, 0.25) is 0 Å². The number of rotatable bonds is 6. The molecule has 0 unspecified atom stereocenters. The molecule has 1 aromatic carbocycles. The van der Waals surface area contributed by atoms with Crippen molar-refractivity contribution >= 4 is 27.5 Å². The second kappa shape index (κ2) is 6.15. The number of thioether (sulfide) groups is 1. The van der Waals surface area contributed by atoms with Crippen molar-refractivity contribution in [3.05, 3.63) is 24.3 Å². The molecule has 3 nitrogen and oxygen atoms in total. The fourth-order valence-electron chi connectivity index (χ4n) is 1.29. The Morgan fingerprint density at radius 1 is 1.19 bits per heavy atom. The highest BCUT2D eigenvalue weighted by Gasteiger charge is 2.08. The molecule has 0 saturated carbocycles. The fourth-order valence-corrected chi connectivity index (χ4v) is 3.08. The van der Waals surface area contributed by atoms with Crippen LogP contribution in [0.3, 0.4) is 0 Å². The summed E-state index contributed by atoms with van der Waals surface area (Å²) in [7, 11) is -3.17. The molecule has 16 heavy (non-hydrogen) atoms. The van der Waals surface area contributed by atoms with Crippen molar-refractivity contribution in [2.75, 3.05) is 16.2 Å². The summed E-state index contributed by atoms with van der Waals surface area (Å²) in [6.07, 6.45) is 0.624. The van der Waals surface area contributed by atoms with E-state index in [1.165, 1.54) is 0 Å². The number of sulfonamides is 1. The average molecular weight is 259 g/mol. The van der Waals surface area contributed by atoms with Gasteiger partial charge in [-0.1, -0.05) is 13.8 Å². The highest BCUT2D eigenvalue weighted by Crippen LogP contribution is 2.20. The standard InChI is InChI=1S/C11H17NO2S2/c1-3-9-16(13,14)12-10-5-7-11(8-6-10)15-4-2/h5-8,12H,3-4,9H2,1-2H3. The molecule has 1 aromatic rings. The third-order valence-corrected chi connectivity index (χ3v) is 4.30. The Labute approximate surface area is 102 Å². The van der Waals surface area contributed by atoms with Crippen molar-refractivity contribution in [1.82, 2.24) is 0 Å². The largest absolute Gasteiger partial charge is 0.284 e. The SMILES string of the molecule is CCCS(=O)(=O)Nc1ccc(SCC)cc1. The molecule has 0 amide bonds. The van der Waals surface area contributed by atoms with Gasteiger partial charge in [0.2, 0.25) is 10.0 Å². The number of hydrogen-bond donors (Lipinski definition) is 1. The first kappa shape index (κ1) is 13.4. The van der Waals surface area contributed by atoms with E-state index in [1.807, 2.05) is 19.1 Å². The predicted molar refractivity (Wildman–Crippen MR) is 70.5 cm³/mol. The van der Waals surface area contributed by atoms with Crippen LogP contribution in [0.5, 0.6) is 0 Å². The van der Waals surface area contributed by atoms with Crippen LogP contribution < -0.4 is 4.72 Å². The number of anilines is 1. The van der Waals surface area contributed by atoms with Gasteiger partial charge < -0.3 is 0 Å². The minimum absolute atomic E-state index is 0.165. The van der Waals surface area contributed by atoms with Crippen molar-refractivity contribution in [3.63, 3.8) is 0 Å². The fraction of sp³-hybridized carbons (Fsp3) is 0.455. The van der Waals surface area contributed by atoms with E-state index in [0.29, 0.717) is 12.1 Å². The Morgan fingerprint density at radius 3 is 2.31 bits per heavy atom. The van der Waals surface area contributed by atoms with Gasteiger partial charge in [-0.15, -0.1) is 11.8 Å². The molecule has 0 bridgehead atoms. The van der Waals surface area contributed by atoms with Crippen LogP contribution in [-0.4, -0.2) is 19.9 Å². The molecule has 0 heterocycles. The van der Waals surface area contributed by atoms with Gasteiger partial charge in [-0.2, -0.15) is 0 Å². The van der Waals surface area contributed by atoms with Crippen LogP contribution >= 0.6 is 11.8 Å². The maximum Gasteiger partial charge on any atom is 0.232 e. The van der Waals surface area contributed by atoms with Crippen molar-refractivity contribution in [3.8, 4) is 0 Å². The summed E-state index contributed by atoms with van der Waals surface area (Å²) in [6.45, 7) is 3.93. The van der Waals surface area contributed by atoms with Crippen LogP contribution in [0.1, 0.15) is 20.3 Å². The molecule has 0 fully saturated rings. The Morgan fingerprint density at radius 2 is 1.81 bits per heavy atom. The maximum atomic E-state index is 11.5. The Kier molecular flexibility index (Phi) is 5.15. The van der Waals surface area contributed by atoms with Crippen molar-refractivity contribution in [2.45, 2.75) is 25.2 Å². The predicted octanol–water partition coefficient (Wildman–Crippen LogP) is 2.95. The van der Waals surface area contributed by atoms with Gasteiger partial charge in [0.15, 0.2) is 0 Å². The minimum atomic E-state index is -3.17. The van der Waals surface area contributed by atoms with E-state index in [2.05, 4.69) is 11.6 Å². The van der Waals surface area contributed by atoms with E-state index in [0.717, 1.165) is 10.6 Å². The Hall–Kier alpha value is -0.680. The van der Waals surface area contributed by atoms with Crippen LogP contribution in [0.15, 0.2) is 29.2 Å². The number of benzene rings is 1. The number of hydrogen-bond acceptors (Lipinski definition) is 3. The van der Waals surface area contributed by atoms with Gasteiger partial charge >= 0.3 is 0 Å². The highest BCUT2D eigenvalue weighted by molar-refractivity contribution is 7.99. The lowest BCUT2D eigenvalue weighted by Gasteiger charge is -2.07. The summed E-state index contributed by atoms with van der Waals surface area (Å²) < 4.78 is 25.5. The molecule has 90 valence electrons. The average Bonchev–Trinajstić information content (AvgIpc) is 2.21. The lowest BCUT2D eigenvalue weighted by Crippen LogP contribution is -2.15. The van der Waals surface area contributed by atoms with Gasteiger partial charge in [-0.3, -0.25) is 4.72 Å². The van der Waals surface area contributed by atoms with Crippen LogP contribution in [0.25, 0.3) is 0 Å². The molecule has 0 radical (unpaired) electrons. The summed E-state index contributed by atoms with van der Waals surface area (Å²) >= 11 is 1.73. The first-order chi connectivity index (χ1) is 7.57. The van der Waals surface area contributed by atoms with Gasteiger partial charge in [0.25, 0.3) is 0 Å². The van der Waals surface area contributed by atoms with Gasteiger partial charge in [0.05, 0.1) is 5.75 Å². The summed E-state index contributed by atoms with van der Waals surface area (Å²) in [6, 6.07) is 7.45. The van der Waals surface area contributed by atoms with Crippen molar-refractivity contribution in [1.29, 1.82) is 0 Å². The maximum absolute atomic E-state index is 11.5. The zero-order chi connectivity index (χ0) is 12.0. The molecule has 0 aliphatic heterocycles. The van der Waals surface area contributed by atoms with Crippen molar-refractivity contribution < 1.29 is 8.42 Å². The van der Waals surface area contributed by atoms with Gasteiger partial charge in [-0.25, -0.2) is 8.42 Å². The summed E-state index contributed by atoms with van der Waals surface area (Å²) in [5.74, 6) is 1.18. The smallest absolute Gasteiger partial charge is 0.232 e. The lowest BCUT2D eigenvalue weighted by molar-refractivity contribution is 0.600. The second-order valence-electron chi connectivity index (χ2n) is 3.38. The topological polar surface area (TPSA) is 46.2 Å². The normalized spacial score (nSPS) is 11.4. The van der Waals surface area contributed by atoms with Gasteiger partial charge in [0.1, 0.15) is 0 Å². The van der Waals surface area contributed by atoms with Gasteiger partial charge in [0, 0.05) is 10.6 Å². The summed E-state index contributed by atoms with van der Waals surface area (Å²) in [5.41, 5.74) is 0.633. The first-order valence-electron chi connectivity index (χ1n) is 5.30. The first-order valence-corrected chi connectivity index (χ1v) is 7.94. The van der Waals surface area contributed by atoms with E-state index in [9.17, 15) is 8.42 Å². The van der Waals surface area contributed by atoms with Crippen LogP contribution in [0.4, 0.5) is 5.69 Å². The van der Waals surface area contributed by atoms with Crippen molar-refractivity contribution in [2.24, 2.45) is 0 Å². The molecule has 0 aliphatic rings. The van der Waals surface area contributed by atoms with E-state index >= 15 is 0 Å². The van der Waals surface area contributed by atoms with Crippen LogP contribution in [-0.2, 0) is 10.0 Å². The molecule has 1 rings (SSSR count). The molecule has 0 atom stereocenters. The number of nitrogens with one attached hydrogen (secondary N) is 1. The monoisotopic (exact) mass is 259 g/mol. The third kappa shape index (κ3) is 4.45. The van der Waals surface area contributed by atoms with Gasteiger partial charge in [-0.05, 0) is 36.4 Å². The minimum Gasteiger partial charge on any atom is -0.284 e. The molecule has 0 aliphatic carbocycles. The summed E-state index contributed by atoms with van der Waals surface area (Å²) in [4.78, 5) is 1.15. The van der Waals surface area contributed by atoms with E-state index in [-0.39, 0.29) is 5.75 Å². The quantitative estimate of drug-likeness (QED) is 0.799. The Bertz CT molecular complexity index is 412. The Balaban J connectivity index is 2.68. The molecule has 5 heteroatoms. The zero-order valence-corrected chi connectivity index (χ0v) is 11.2. The lowest BCUT2D eigenvalue weighted by atomic mass is 10.3. The zero-order valence-electron chi connectivity index (χ0n) is 9.56. The molecular weight excluding hydrogens is 242 g/mol. The molecule has 0 spiro atoms. The van der Waals surface area contributed by atoms with E-state index in [4.69, 9.17) is 0 Å². The van der Waals surface area contributed by atoms with Crippen LogP contribution in [0, 0.1) is 0 Å². The molecule has 0 saturated heterocycles. The summed E-state index contributed by atoms with van der Waals surface area (Å²) in [5, 5.41) is 0. The second-order valence-corrected chi connectivity index (χ2v) is 6.56. The third-order valence-electron chi connectivity index (χ3n) is 1.91. The molecule has 1 N–H and O–H groups in total. The highest BCUT2D eigenvalue weighted by atomic mass is 32.2. The molecule has 0 aromatic heterocycles. The van der Waals surface area contributed by atoms with E-state index < -0.39 is 10.0 Å². The van der Waals surface area contributed by atoms with E-state index in [1.54, 1.807) is 23.9 Å². The molecular formula is C11H17NO2S2.